The zero-order valence-corrected chi connectivity index (χ0v) is 16.7. The molecular formula is C21H22F3N5O2. The molecule has 164 valence electrons. The first-order chi connectivity index (χ1) is 14.8. The summed E-state index contributed by atoms with van der Waals surface area (Å²) in [5, 5.41) is 4.31. The highest BCUT2D eigenvalue weighted by Gasteiger charge is 2.30. The van der Waals surface area contributed by atoms with Gasteiger partial charge in [0, 0.05) is 37.3 Å². The quantitative estimate of drug-likeness (QED) is 0.680. The van der Waals surface area contributed by atoms with Crippen molar-refractivity contribution >= 4 is 28.5 Å². The van der Waals surface area contributed by atoms with E-state index in [4.69, 9.17) is 10.5 Å². The Balaban J connectivity index is 1.40. The first kappa shape index (κ1) is 20.8. The minimum absolute atomic E-state index is 0.0665. The predicted molar refractivity (Wildman–Crippen MR) is 111 cm³/mol. The van der Waals surface area contributed by atoms with Gasteiger partial charge in [0.25, 0.3) is 0 Å². The van der Waals surface area contributed by atoms with Crippen LogP contribution in [0.15, 0.2) is 48.5 Å². The monoisotopic (exact) mass is 433 g/mol. The summed E-state index contributed by atoms with van der Waals surface area (Å²) >= 11 is 0. The molecule has 2 heterocycles. The number of halogens is 3. The Morgan fingerprint density at radius 3 is 2.45 bits per heavy atom. The van der Waals surface area contributed by atoms with Crippen molar-refractivity contribution in [3.8, 4) is 0 Å². The van der Waals surface area contributed by atoms with E-state index in [2.05, 4.69) is 5.10 Å². The van der Waals surface area contributed by atoms with Crippen LogP contribution in [-0.4, -0.2) is 53.1 Å². The van der Waals surface area contributed by atoms with Crippen LogP contribution in [0.2, 0.25) is 0 Å². The number of hydrogen-bond acceptors (Lipinski definition) is 5. The largest absolute Gasteiger partial charge is 0.445 e. The van der Waals surface area contributed by atoms with Gasteiger partial charge in [0.05, 0.1) is 5.52 Å². The molecule has 2 N–H and O–H groups in total. The maximum atomic E-state index is 12.9. The third-order valence-corrected chi connectivity index (χ3v) is 5.20. The Morgan fingerprint density at radius 1 is 1.06 bits per heavy atom. The first-order valence-electron chi connectivity index (χ1n) is 9.83. The van der Waals surface area contributed by atoms with Gasteiger partial charge >= 0.3 is 12.3 Å². The smallest absolute Gasteiger partial charge is 0.410 e. The fraction of sp³-hybridized carbons (Fsp3) is 0.333. The maximum Gasteiger partial charge on any atom is 0.410 e. The first-order valence-corrected chi connectivity index (χ1v) is 9.83. The number of alkyl halides is 3. The summed E-state index contributed by atoms with van der Waals surface area (Å²) in [6.07, 6.45) is -4.78. The number of fused-ring (bicyclic) bond motifs is 1. The van der Waals surface area contributed by atoms with Crippen LogP contribution in [-0.2, 0) is 17.9 Å². The highest BCUT2D eigenvalue weighted by molar-refractivity contribution is 5.91. The molecule has 1 aliphatic heterocycles. The molecule has 0 spiro atoms. The van der Waals surface area contributed by atoms with E-state index in [1.54, 1.807) is 17.0 Å². The molecule has 0 unspecified atom stereocenters. The number of amides is 1. The lowest BCUT2D eigenvalue weighted by molar-refractivity contribution is -0.141. The van der Waals surface area contributed by atoms with Gasteiger partial charge in [-0.2, -0.15) is 18.3 Å². The van der Waals surface area contributed by atoms with E-state index in [0.29, 0.717) is 37.1 Å². The van der Waals surface area contributed by atoms with Crippen LogP contribution in [0.25, 0.3) is 10.9 Å². The molecule has 4 rings (SSSR count). The standard InChI is InChI=1S/C21H22F3N5O2/c22-21(23,24)14-29-18-12-16(6-7-17(18)19(25)26-29)27-8-10-28(11-9-27)20(30)31-13-15-4-2-1-3-5-15/h1-7,12H,8-11,13-14H2,(H2,25,26). The molecule has 1 aliphatic rings. The van der Waals surface area contributed by atoms with Crippen LogP contribution in [0.5, 0.6) is 0 Å². The minimum Gasteiger partial charge on any atom is -0.445 e. The van der Waals surface area contributed by atoms with Crippen molar-refractivity contribution in [2.24, 2.45) is 0 Å². The predicted octanol–water partition coefficient (Wildman–Crippen LogP) is 3.64. The summed E-state index contributed by atoms with van der Waals surface area (Å²) < 4.78 is 44.8. The molecule has 1 fully saturated rings. The van der Waals surface area contributed by atoms with Gasteiger partial charge in [0.1, 0.15) is 13.2 Å². The van der Waals surface area contributed by atoms with Crippen molar-refractivity contribution in [1.29, 1.82) is 0 Å². The molecule has 3 aromatic rings. The zero-order valence-electron chi connectivity index (χ0n) is 16.7. The van der Waals surface area contributed by atoms with E-state index >= 15 is 0 Å². The molecule has 0 atom stereocenters. The van der Waals surface area contributed by atoms with Crippen molar-refractivity contribution in [1.82, 2.24) is 14.7 Å². The molecule has 31 heavy (non-hydrogen) atoms. The lowest BCUT2D eigenvalue weighted by Crippen LogP contribution is -2.48. The SMILES string of the molecule is Nc1nn(CC(F)(F)F)c2cc(N3CCN(C(=O)OCc4ccccc4)CC3)ccc12. The highest BCUT2D eigenvalue weighted by Crippen LogP contribution is 2.29. The number of hydrogen-bond donors (Lipinski definition) is 1. The summed E-state index contributed by atoms with van der Waals surface area (Å²) in [4.78, 5) is 16.0. The average molecular weight is 433 g/mol. The number of carbonyl (C=O) groups excluding carboxylic acids is 1. The molecular weight excluding hydrogens is 411 g/mol. The number of nitrogens with zero attached hydrogens (tertiary/aromatic N) is 4. The average Bonchev–Trinajstić information content (AvgIpc) is 3.06. The third kappa shape index (κ3) is 4.84. The van der Waals surface area contributed by atoms with Crippen LogP contribution < -0.4 is 10.6 Å². The summed E-state index contributed by atoms with van der Waals surface area (Å²) in [7, 11) is 0. The highest BCUT2D eigenvalue weighted by atomic mass is 19.4. The summed E-state index contributed by atoms with van der Waals surface area (Å²) in [6.45, 7) is 0.987. The number of aromatic nitrogens is 2. The molecule has 0 radical (unpaired) electrons. The van der Waals surface area contributed by atoms with Crippen molar-refractivity contribution in [3.05, 3.63) is 54.1 Å². The van der Waals surface area contributed by atoms with Gasteiger partial charge in [0.15, 0.2) is 5.82 Å². The van der Waals surface area contributed by atoms with Gasteiger partial charge in [-0.1, -0.05) is 30.3 Å². The fourth-order valence-corrected chi connectivity index (χ4v) is 3.63. The van der Waals surface area contributed by atoms with Gasteiger partial charge in [-0.05, 0) is 23.8 Å². The van der Waals surface area contributed by atoms with Crippen LogP contribution >= 0.6 is 0 Å². The topological polar surface area (TPSA) is 76.6 Å². The number of piperazine rings is 1. The van der Waals surface area contributed by atoms with E-state index in [-0.39, 0.29) is 18.5 Å². The van der Waals surface area contributed by atoms with Gasteiger partial charge in [-0.15, -0.1) is 0 Å². The lowest BCUT2D eigenvalue weighted by atomic mass is 10.2. The van der Waals surface area contributed by atoms with Crippen LogP contribution in [0.4, 0.5) is 29.5 Å². The Hall–Kier alpha value is -3.43. The van der Waals surface area contributed by atoms with Crippen molar-refractivity contribution in [3.63, 3.8) is 0 Å². The van der Waals surface area contributed by atoms with Crippen molar-refractivity contribution in [2.75, 3.05) is 36.8 Å². The summed E-state index contributed by atoms with van der Waals surface area (Å²) in [5.74, 6) is 0.0665. The summed E-state index contributed by atoms with van der Waals surface area (Å²) in [5.41, 5.74) is 7.78. The number of carbonyl (C=O) groups is 1. The van der Waals surface area contributed by atoms with Crippen LogP contribution in [0.1, 0.15) is 5.56 Å². The molecule has 1 amide bonds. The second kappa shape index (κ2) is 8.37. The Labute approximate surface area is 176 Å². The van der Waals surface area contributed by atoms with E-state index in [0.717, 1.165) is 15.9 Å². The summed E-state index contributed by atoms with van der Waals surface area (Å²) in [6, 6.07) is 14.6. The minimum atomic E-state index is -4.40. The maximum absolute atomic E-state index is 12.9. The number of nitrogen functional groups attached to an aromatic ring is 1. The Kier molecular flexibility index (Phi) is 5.62. The fourth-order valence-electron chi connectivity index (χ4n) is 3.63. The van der Waals surface area contributed by atoms with Gasteiger partial charge < -0.3 is 20.3 Å². The molecule has 1 saturated heterocycles. The number of rotatable bonds is 4. The number of ether oxygens (including phenoxy) is 1. The van der Waals surface area contributed by atoms with Gasteiger partial charge in [-0.25, -0.2) is 4.79 Å². The molecule has 0 aliphatic carbocycles. The lowest BCUT2D eigenvalue weighted by Gasteiger charge is -2.35. The van der Waals surface area contributed by atoms with Crippen LogP contribution in [0, 0.1) is 0 Å². The Bertz CT molecular complexity index is 1060. The molecule has 10 heteroatoms. The zero-order chi connectivity index (χ0) is 22.0. The molecule has 7 nitrogen and oxygen atoms in total. The van der Waals surface area contributed by atoms with E-state index < -0.39 is 12.7 Å². The molecule has 0 bridgehead atoms. The van der Waals surface area contributed by atoms with E-state index in [9.17, 15) is 18.0 Å². The number of nitrogens with two attached hydrogens (primary N) is 1. The number of benzene rings is 2. The second-order valence-electron chi connectivity index (χ2n) is 7.37. The number of anilines is 2. The van der Waals surface area contributed by atoms with Crippen LogP contribution in [0.3, 0.4) is 0 Å². The van der Waals surface area contributed by atoms with Gasteiger partial charge in [-0.3, -0.25) is 4.68 Å². The van der Waals surface area contributed by atoms with Crippen molar-refractivity contribution in [2.45, 2.75) is 19.3 Å². The Morgan fingerprint density at radius 2 is 1.77 bits per heavy atom. The molecule has 0 saturated carbocycles. The molecule has 1 aromatic heterocycles. The second-order valence-corrected chi connectivity index (χ2v) is 7.37. The van der Waals surface area contributed by atoms with E-state index in [1.807, 2.05) is 41.3 Å². The molecule has 2 aromatic carbocycles. The van der Waals surface area contributed by atoms with E-state index in [1.165, 1.54) is 0 Å². The van der Waals surface area contributed by atoms with Crippen molar-refractivity contribution < 1.29 is 22.7 Å². The van der Waals surface area contributed by atoms with Gasteiger partial charge in [0.2, 0.25) is 0 Å². The third-order valence-electron chi connectivity index (χ3n) is 5.20. The normalized spacial score (nSPS) is 14.8.